The number of H-pyrrole nitrogens is 1. The lowest BCUT2D eigenvalue weighted by molar-refractivity contribution is 1.48. The predicted molar refractivity (Wildman–Crippen MR) is 38.3 cm³/mol. The van der Waals surface area contributed by atoms with Crippen molar-refractivity contribution in [2.75, 3.05) is 0 Å². The summed E-state index contributed by atoms with van der Waals surface area (Å²) in [6.45, 7) is 0. The summed E-state index contributed by atoms with van der Waals surface area (Å²) < 4.78 is 29.8. The highest BCUT2D eigenvalue weighted by Gasteiger charge is 1.86. The van der Waals surface area contributed by atoms with Crippen LogP contribution >= 0.6 is 0 Å². The molecule has 0 amide bonds. The first-order valence-electron chi connectivity index (χ1n) is 4.66. The van der Waals surface area contributed by atoms with Crippen LogP contribution in [-0.4, -0.2) is 4.98 Å². The summed E-state index contributed by atoms with van der Waals surface area (Å²) in [4.78, 5) is 2.79. The van der Waals surface area contributed by atoms with Crippen molar-refractivity contribution in [1.82, 2.24) is 4.98 Å². The van der Waals surface area contributed by atoms with Crippen LogP contribution in [-0.2, 0) is 0 Å². The first-order chi connectivity index (χ1) is 6.13. The lowest BCUT2D eigenvalue weighted by atomic mass is 10.3. The molecule has 44 valence electrons. The van der Waals surface area contributed by atoms with Crippen LogP contribution < -0.4 is 0 Å². The summed E-state index contributed by atoms with van der Waals surface area (Å²) in [6, 6.07) is 1.27. The van der Waals surface area contributed by atoms with Crippen molar-refractivity contribution in [2.24, 2.45) is 0 Å². The molecule has 1 aromatic heterocycles. The van der Waals surface area contributed by atoms with Crippen LogP contribution in [0.15, 0.2) is 36.4 Å². The molecule has 1 heteroatoms. The number of fused-ring (bicyclic) bond motifs is 1. The molecular weight excluding hydrogens is 110 g/mol. The van der Waals surface area contributed by atoms with E-state index >= 15 is 0 Å². The maximum atomic E-state index is 7.53. The summed E-state index contributed by atoms with van der Waals surface area (Å²) in [6.07, 6.45) is 1.61. The Kier molecular flexibility index (Phi) is 0.392. The molecule has 9 heavy (non-hydrogen) atoms. The quantitative estimate of drug-likeness (QED) is 0.549. The second-order valence-corrected chi connectivity index (χ2v) is 1.77. The zero-order chi connectivity index (χ0) is 9.59. The van der Waals surface area contributed by atoms with Gasteiger partial charge in [-0.25, -0.2) is 0 Å². The minimum atomic E-state index is -0.194. The fourth-order valence-corrected chi connectivity index (χ4v) is 0.769. The SMILES string of the molecule is [2H]c1c([2H])c([2H])c2[nH]ccc2c1[2H]. The molecule has 1 heterocycles. The van der Waals surface area contributed by atoms with Crippen LogP contribution in [0.3, 0.4) is 0 Å². The van der Waals surface area contributed by atoms with E-state index in [1.54, 1.807) is 12.3 Å². The topological polar surface area (TPSA) is 15.8 Å². The van der Waals surface area contributed by atoms with Crippen molar-refractivity contribution in [2.45, 2.75) is 0 Å². The normalized spacial score (nSPS) is 16.4. The molecule has 0 saturated carbocycles. The molecule has 0 aliphatic rings. The lowest BCUT2D eigenvalue weighted by Crippen LogP contribution is -1.61. The zero-order valence-corrected chi connectivity index (χ0v) is 4.65. The van der Waals surface area contributed by atoms with Gasteiger partial charge in [0.2, 0.25) is 0 Å². The van der Waals surface area contributed by atoms with Gasteiger partial charge in [0.15, 0.2) is 0 Å². The molecule has 0 bridgehead atoms. The molecule has 0 atom stereocenters. The Morgan fingerprint density at radius 3 is 3.22 bits per heavy atom. The zero-order valence-electron chi connectivity index (χ0n) is 8.65. The molecule has 0 aliphatic heterocycles. The second-order valence-electron chi connectivity index (χ2n) is 1.77. The highest BCUT2D eigenvalue weighted by molar-refractivity contribution is 5.78. The van der Waals surface area contributed by atoms with Gasteiger partial charge >= 0.3 is 0 Å². The molecule has 0 fully saturated rings. The third-order valence-electron chi connectivity index (χ3n) is 1.19. The largest absolute Gasteiger partial charge is 0.361 e. The number of aromatic amines is 1. The molecular formula is C8H7N. The molecule has 1 aromatic carbocycles. The molecule has 1 nitrogen and oxygen atoms in total. The van der Waals surface area contributed by atoms with Crippen molar-refractivity contribution >= 4 is 10.9 Å². The van der Waals surface area contributed by atoms with E-state index in [0.29, 0.717) is 10.9 Å². The smallest absolute Gasteiger partial charge is 0.0645 e. The first-order valence-corrected chi connectivity index (χ1v) is 2.66. The molecule has 0 aliphatic carbocycles. The van der Waals surface area contributed by atoms with Gasteiger partial charge in [-0.05, 0) is 17.5 Å². The number of benzene rings is 1. The van der Waals surface area contributed by atoms with Gasteiger partial charge in [-0.15, -0.1) is 0 Å². The van der Waals surface area contributed by atoms with E-state index in [1.165, 1.54) is 0 Å². The number of hydrogen-bond donors (Lipinski definition) is 1. The Hall–Kier alpha value is -1.24. The first kappa shape index (κ1) is 2.18. The second kappa shape index (κ2) is 1.62. The maximum absolute atomic E-state index is 7.53. The summed E-state index contributed by atoms with van der Waals surface area (Å²) in [5, 5.41) is 0.533. The summed E-state index contributed by atoms with van der Waals surface area (Å²) in [7, 11) is 0. The highest BCUT2D eigenvalue weighted by Crippen LogP contribution is 2.09. The molecule has 0 radical (unpaired) electrons. The number of hydrogen-bond acceptors (Lipinski definition) is 0. The Morgan fingerprint density at radius 2 is 2.22 bits per heavy atom. The highest BCUT2D eigenvalue weighted by atomic mass is 14.6. The Balaban J connectivity index is 3.02. The summed E-state index contributed by atoms with van der Waals surface area (Å²) in [5.74, 6) is 0. The van der Waals surface area contributed by atoms with Gasteiger partial charge in [-0.1, -0.05) is 18.1 Å². The minimum absolute atomic E-state index is 0.0113. The average Bonchev–Trinajstić information content (AvgIpc) is 2.59. The van der Waals surface area contributed by atoms with Gasteiger partial charge in [0.25, 0.3) is 0 Å². The molecule has 0 saturated heterocycles. The van der Waals surface area contributed by atoms with Crippen LogP contribution in [0.25, 0.3) is 10.9 Å². The van der Waals surface area contributed by atoms with E-state index in [1.807, 2.05) is 0 Å². The fraction of sp³-hybridized carbons (Fsp3) is 0. The summed E-state index contributed by atoms with van der Waals surface area (Å²) >= 11 is 0. The van der Waals surface area contributed by atoms with Crippen molar-refractivity contribution in [3.63, 3.8) is 0 Å². The van der Waals surface area contributed by atoms with Gasteiger partial charge in [0, 0.05) is 11.7 Å². The summed E-state index contributed by atoms with van der Waals surface area (Å²) in [5.41, 5.74) is 0.464. The van der Waals surface area contributed by atoms with Crippen LogP contribution in [0.2, 0.25) is 0 Å². The van der Waals surface area contributed by atoms with Gasteiger partial charge in [-0.3, -0.25) is 0 Å². The number of nitrogens with one attached hydrogen (secondary N) is 1. The van der Waals surface area contributed by atoms with Crippen LogP contribution in [0.1, 0.15) is 5.48 Å². The van der Waals surface area contributed by atoms with Crippen molar-refractivity contribution in [3.05, 3.63) is 36.4 Å². The van der Waals surface area contributed by atoms with Crippen LogP contribution in [0, 0.1) is 0 Å². The van der Waals surface area contributed by atoms with E-state index in [9.17, 15) is 0 Å². The number of para-hydroxylation sites is 1. The van der Waals surface area contributed by atoms with Crippen LogP contribution in [0.5, 0.6) is 0 Å². The lowest BCUT2D eigenvalue weighted by Gasteiger charge is -1.83. The Morgan fingerprint density at radius 1 is 1.33 bits per heavy atom. The molecule has 0 unspecified atom stereocenters. The van der Waals surface area contributed by atoms with Gasteiger partial charge in [0.1, 0.15) is 0 Å². The van der Waals surface area contributed by atoms with Gasteiger partial charge in [-0.2, -0.15) is 0 Å². The fourth-order valence-electron chi connectivity index (χ4n) is 0.769. The predicted octanol–water partition coefficient (Wildman–Crippen LogP) is 2.17. The monoisotopic (exact) mass is 121 g/mol. The van der Waals surface area contributed by atoms with Crippen molar-refractivity contribution in [3.8, 4) is 0 Å². The van der Waals surface area contributed by atoms with Crippen molar-refractivity contribution in [1.29, 1.82) is 0 Å². The van der Waals surface area contributed by atoms with Gasteiger partial charge < -0.3 is 4.98 Å². The van der Waals surface area contributed by atoms with E-state index in [4.69, 9.17) is 5.48 Å². The van der Waals surface area contributed by atoms with Crippen LogP contribution in [0.4, 0.5) is 0 Å². The Bertz CT molecular complexity index is 432. The average molecular weight is 121 g/mol. The maximum Gasteiger partial charge on any atom is 0.0645 e. The molecule has 0 spiro atoms. The van der Waals surface area contributed by atoms with E-state index in [-0.39, 0.29) is 24.2 Å². The van der Waals surface area contributed by atoms with Crippen molar-refractivity contribution < 1.29 is 5.48 Å². The number of rotatable bonds is 0. The van der Waals surface area contributed by atoms with Gasteiger partial charge in [0.05, 0.1) is 5.48 Å². The molecule has 1 N–H and O–H groups in total. The number of aromatic nitrogens is 1. The van der Waals surface area contributed by atoms with E-state index < -0.39 is 0 Å². The standard InChI is InChI=1S/C8H7N/c1-2-4-8-7(3-1)5-6-9-8/h1-6,9H/i1D,2D,3D,4D. The van der Waals surface area contributed by atoms with E-state index in [0.717, 1.165) is 0 Å². The molecule has 2 aromatic rings. The third-order valence-corrected chi connectivity index (χ3v) is 1.19. The third kappa shape index (κ3) is 0.617. The Labute approximate surface area is 58.9 Å². The minimum Gasteiger partial charge on any atom is -0.361 e. The van der Waals surface area contributed by atoms with E-state index in [2.05, 4.69) is 4.98 Å². The molecule has 2 rings (SSSR count).